The Morgan fingerprint density at radius 3 is 2.53 bits per heavy atom. The quantitative estimate of drug-likeness (QED) is 0.286. The highest BCUT2D eigenvalue weighted by molar-refractivity contribution is 6.00. The number of halogens is 1. The maximum atomic E-state index is 13.5. The van der Waals surface area contributed by atoms with Gasteiger partial charge in [-0.2, -0.15) is 5.10 Å². The number of nitrogens with zero attached hydrogens (tertiary/aromatic N) is 4. The smallest absolute Gasteiger partial charge is 0.155 e. The molecule has 38 heavy (non-hydrogen) atoms. The monoisotopic (exact) mass is 505 g/mol. The third-order valence-electron chi connectivity index (χ3n) is 6.97. The maximum Gasteiger partial charge on any atom is 0.155 e. The summed E-state index contributed by atoms with van der Waals surface area (Å²) in [4.78, 5) is 17.1. The van der Waals surface area contributed by atoms with Gasteiger partial charge >= 0.3 is 0 Å². The van der Waals surface area contributed by atoms with Crippen molar-refractivity contribution < 1.29 is 9.13 Å². The van der Waals surface area contributed by atoms with E-state index in [0.717, 1.165) is 81.7 Å². The molecule has 0 atom stereocenters. The molecule has 0 unspecified atom stereocenters. The Morgan fingerprint density at radius 2 is 1.66 bits per heavy atom. The number of rotatable bonds is 5. The van der Waals surface area contributed by atoms with Gasteiger partial charge in [-0.3, -0.25) is 15.1 Å². The molecule has 7 rings (SSSR count). The summed E-state index contributed by atoms with van der Waals surface area (Å²) in [6.07, 6.45) is 9.32. The standard InChI is InChI=1S/C29H24FN7O/c30-20-3-1-17(2-4-20)27-23-13-26(35-25(23)7-10-33-27)28-24-12-19(15-34-29(24)37-36-28)18-11-22(16-32-14-18)38-21-5-8-31-9-6-21/h1-4,7,10-16,21,31,35H,5-6,8-9H2,(H,34,36,37). The Hall–Kier alpha value is -4.63. The van der Waals surface area contributed by atoms with Crippen LogP contribution in [-0.4, -0.2) is 49.3 Å². The molecule has 0 saturated carbocycles. The first-order chi connectivity index (χ1) is 18.7. The lowest BCUT2D eigenvalue weighted by molar-refractivity contribution is 0.162. The lowest BCUT2D eigenvalue weighted by atomic mass is 10.1. The van der Waals surface area contributed by atoms with Crippen LogP contribution in [0.4, 0.5) is 4.39 Å². The van der Waals surface area contributed by atoms with E-state index in [1.807, 2.05) is 30.6 Å². The van der Waals surface area contributed by atoms with E-state index in [4.69, 9.17) is 4.74 Å². The Balaban J connectivity index is 1.25. The summed E-state index contributed by atoms with van der Waals surface area (Å²) in [6, 6.07) is 14.4. The number of nitrogens with one attached hydrogen (secondary N) is 3. The van der Waals surface area contributed by atoms with Gasteiger partial charge in [-0.1, -0.05) is 0 Å². The van der Waals surface area contributed by atoms with Crippen LogP contribution in [0.25, 0.3) is 55.7 Å². The molecule has 1 aliphatic rings. The van der Waals surface area contributed by atoms with E-state index in [-0.39, 0.29) is 11.9 Å². The van der Waals surface area contributed by atoms with E-state index in [1.54, 1.807) is 24.5 Å². The minimum Gasteiger partial charge on any atom is -0.489 e. The molecule has 1 aliphatic heterocycles. The molecule has 1 saturated heterocycles. The van der Waals surface area contributed by atoms with Gasteiger partial charge in [0.1, 0.15) is 23.4 Å². The molecule has 0 aliphatic carbocycles. The molecule has 6 heterocycles. The number of fused-ring (bicyclic) bond motifs is 2. The Morgan fingerprint density at radius 1 is 0.816 bits per heavy atom. The average Bonchev–Trinajstić information content (AvgIpc) is 3.58. The largest absolute Gasteiger partial charge is 0.489 e. The van der Waals surface area contributed by atoms with Gasteiger partial charge in [0.25, 0.3) is 0 Å². The van der Waals surface area contributed by atoms with Crippen LogP contribution >= 0.6 is 0 Å². The molecule has 0 radical (unpaired) electrons. The fourth-order valence-corrected chi connectivity index (χ4v) is 5.03. The van der Waals surface area contributed by atoms with Gasteiger partial charge in [0.2, 0.25) is 0 Å². The van der Waals surface area contributed by atoms with Crippen molar-refractivity contribution in [1.82, 2.24) is 35.5 Å². The summed E-state index contributed by atoms with van der Waals surface area (Å²) in [6.45, 7) is 1.94. The second-order valence-corrected chi connectivity index (χ2v) is 9.48. The number of hydrogen-bond acceptors (Lipinski definition) is 6. The summed E-state index contributed by atoms with van der Waals surface area (Å²) in [5.74, 6) is 0.485. The first-order valence-corrected chi connectivity index (χ1v) is 12.6. The van der Waals surface area contributed by atoms with Gasteiger partial charge in [0, 0.05) is 51.6 Å². The molecule has 3 N–H and O–H groups in total. The maximum absolute atomic E-state index is 13.5. The summed E-state index contributed by atoms with van der Waals surface area (Å²) in [5.41, 5.74) is 6.67. The van der Waals surface area contributed by atoms with Crippen molar-refractivity contribution >= 4 is 21.9 Å². The first-order valence-electron chi connectivity index (χ1n) is 12.6. The molecule has 1 fully saturated rings. The van der Waals surface area contributed by atoms with Crippen LogP contribution < -0.4 is 10.1 Å². The lowest BCUT2D eigenvalue weighted by Gasteiger charge is -2.23. The highest BCUT2D eigenvalue weighted by Gasteiger charge is 2.17. The predicted octanol–water partition coefficient (Wildman–Crippen LogP) is 5.50. The molecule has 1 aromatic carbocycles. The number of pyridine rings is 3. The molecule has 6 aromatic rings. The molecular formula is C29H24FN7O. The first kappa shape index (κ1) is 22.6. The van der Waals surface area contributed by atoms with Crippen LogP contribution in [-0.2, 0) is 0 Å². The van der Waals surface area contributed by atoms with Crippen LogP contribution in [0.2, 0.25) is 0 Å². The van der Waals surface area contributed by atoms with Crippen LogP contribution in [0.3, 0.4) is 0 Å². The van der Waals surface area contributed by atoms with Crippen LogP contribution in [0, 0.1) is 5.82 Å². The average molecular weight is 506 g/mol. The zero-order valence-electron chi connectivity index (χ0n) is 20.4. The van der Waals surface area contributed by atoms with Gasteiger partial charge in [-0.25, -0.2) is 9.37 Å². The topological polar surface area (TPSA) is 104 Å². The fraction of sp³-hybridized carbons (Fsp3) is 0.172. The third kappa shape index (κ3) is 4.16. The highest BCUT2D eigenvalue weighted by Crippen LogP contribution is 2.34. The number of benzene rings is 1. The van der Waals surface area contributed by atoms with E-state index in [1.165, 1.54) is 12.1 Å². The minimum atomic E-state index is -0.277. The normalized spacial score (nSPS) is 14.3. The molecule has 9 heteroatoms. The van der Waals surface area contributed by atoms with Gasteiger partial charge < -0.3 is 15.0 Å². The number of aromatic amines is 2. The van der Waals surface area contributed by atoms with Crippen molar-refractivity contribution in [2.75, 3.05) is 13.1 Å². The van der Waals surface area contributed by atoms with Crippen molar-refractivity contribution in [1.29, 1.82) is 0 Å². The molecule has 0 amide bonds. The summed E-state index contributed by atoms with van der Waals surface area (Å²) in [7, 11) is 0. The van der Waals surface area contributed by atoms with Crippen LogP contribution in [0.5, 0.6) is 5.75 Å². The second-order valence-electron chi connectivity index (χ2n) is 9.48. The number of piperidine rings is 1. The number of ether oxygens (including phenoxy) is 1. The third-order valence-corrected chi connectivity index (χ3v) is 6.97. The SMILES string of the molecule is Fc1ccc(-c2nccc3[nH]c(-c4n[nH]c5ncc(-c6cncc(OC7CCNCC7)c6)cc45)cc23)cc1. The minimum absolute atomic E-state index is 0.200. The Kier molecular flexibility index (Phi) is 5.55. The molecule has 8 nitrogen and oxygen atoms in total. The Labute approximate surface area is 217 Å². The molecular weight excluding hydrogens is 481 g/mol. The second kappa shape index (κ2) is 9.35. The van der Waals surface area contributed by atoms with Crippen molar-refractivity contribution in [2.24, 2.45) is 0 Å². The zero-order valence-corrected chi connectivity index (χ0v) is 20.4. The summed E-state index contributed by atoms with van der Waals surface area (Å²) in [5, 5.41) is 12.8. The van der Waals surface area contributed by atoms with Crippen molar-refractivity contribution in [3.63, 3.8) is 0 Å². The zero-order chi connectivity index (χ0) is 25.5. The van der Waals surface area contributed by atoms with Gasteiger partial charge in [-0.15, -0.1) is 0 Å². The van der Waals surface area contributed by atoms with Gasteiger partial charge in [0.15, 0.2) is 5.65 Å². The van der Waals surface area contributed by atoms with Crippen LogP contribution in [0.15, 0.2) is 73.3 Å². The van der Waals surface area contributed by atoms with Crippen molar-refractivity contribution in [2.45, 2.75) is 18.9 Å². The molecule has 0 spiro atoms. The summed E-state index contributed by atoms with van der Waals surface area (Å²) < 4.78 is 19.7. The van der Waals surface area contributed by atoms with Crippen molar-refractivity contribution in [3.8, 4) is 39.5 Å². The lowest BCUT2D eigenvalue weighted by Crippen LogP contribution is -2.34. The molecule has 5 aromatic heterocycles. The molecule has 188 valence electrons. The predicted molar refractivity (Wildman–Crippen MR) is 144 cm³/mol. The number of H-pyrrole nitrogens is 2. The van der Waals surface area contributed by atoms with E-state index < -0.39 is 0 Å². The van der Waals surface area contributed by atoms with E-state index in [9.17, 15) is 4.39 Å². The van der Waals surface area contributed by atoms with E-state index >= 15 is 0 Å². The molecule has 0 bridgehead atoms. The van der Waals surface area contributed by atoms with Gasteiger partial charge in [-0.05, 0) is 74.5 Å². The highest BCUT2D eigenvalue weighted by atomic mass is 19.1. The van der Waals surface area contributed by atoms with Crippen molar-refractivity contribution in [3.05, 3.63) is 79.1 Å². The van der Waals surface area contributed by atoms with Gasteiger partial charge in [0.05, 0.1) is 17.6 Å². The number of aromatic nitrogens is 6. The van der Waals surface area contributed by atoms with E-state index in [2.05, 4.69) is 41.5 Å². The Bertz CT molecular complexity index is 1750. The van der Waals surface area contributed by atoms with Crippen LogP contribution in [0.1, 0.15) is 12.8 Å². The summed E-state index contributed by atoms with van der Waals surface area (Å²) >= 11 is 0. The fourth-order valence-electron chi connectivity index (χ4n) is 5.03. The number of hydrogen-bond donors (Lipinski definition) is 3. The van der Waals surface area contributed by atoms with E-state index in [0.29, 0.717) is 5.65 Å².